The number of aromatic carboxylic acids is 1. The standard InChI is InChI=1S/C13H17ClN2O3/c1-8(2)15-6-5-12(17)16-11-4-3-9(14)7-10(11)13(18)19/h3-4,7-8,15H,5-6H2,1-2H3,(H,16,17)(H,18,19). The van der Waals surface area contributed by atoms with Crippen molar-refractivity contribution >= 4 is 29.2 Å². The van der Waals surface area contributed by atoms with Gasteiger partial charge in [0.15, 0.2) is 0 Å². The highest BCUT2D eigenvalue weighted by molar-refractivity contribution is 6.31. The molecule has 1 aromatic carbocycles. The summed E-state index contributed by atoms with van der Waals surface area (Å²) in [5, 5.41) is 15.0. The zero-order valence-corrected chi connectivity index (χ0v) is 11.6. The summed E-state index contributed by atoms with van der Waals surface area (Å²) in [6, 6.07) is 4.64. The second-order valence-electron chi connectivity index (χ2n) is 4.40. The Kier molecular flexibility index (Phi) is 5.79. The minimum atomic E-state index is -1.13. The van der Waals surface area contributed by atoms with Gasteiger partial charge >= 0.3 is 5.97 Å². The third kappa shape index (κ3) is 5.28. The number of rotatable bonds is 6. The van der Waals surface area contributed by atoms with Gasteiger partial charge in [0, 0.05) is 24.0 Å². The van der Waals surface area contributed by atoms with Gasteiger partial charge in [-0.05, 0) is 18.2 Å². The van der Waals surface area contributed by atoms with Crippen molar-refractivity contribution in [3.8, 4) is 0 Å². The number of carbonyl (C=O) groups excluding carboxylic acids is 1. The Hall–Kier alpha value is -1.59. The molecule has 6 heteroatoms. The molecule has 1 aromatic rings. The Morgan fingerprint density at radius 3 is 2.63 bits per heavy atom. The topological polar surface area (TPSA) is 78.4 Å². The van der Waals surface area contributed by atoms with Gasteiger partial charge in [-0.3, -0.25) is 4.79 Å². The van der Waals surface area contributed by atoms with Crippen LogP contribution in [0.2, 0.25) is 5.02 Å². The molecule has 0 heterocycles. The molecule has 1 amide bonds. The molecule has 19 heavy (non-hydrogen) atoms. The largest absolute Gasteiger partial charge is 0.478 e. The molecule has 104 valence electrons. The molecule has 5 nitrogen and oxygen atoms in total. The minimum Gasteiger partial charge on any atom is -0.478 e. The van der Waals surface area contributed by atoms with Crippen molar-refractivity contribution in [1.82, 2.24) is 5.32 Å². The van der Waals surface area contributed by atoms with Crippen molar-refractivity contribution in [2.45, 2.75) is 26.3 Å². The average Bonchev–Trinajstić information content (AvgIpc) is 2.30. The van der Waals surface area contributed by atoms with Gasteiger partial charge < -0.3 is 15.7 Å². The van der Waals surface area contributed by atoms with Gasteiger partial charge in [-0.25, -0.2) is 4.79 Å². The molecular weight excluding hydrogens is 268 g/mol. The van der Waals surface area contributed by atoms with Crippen LogP contribution in [-0.2, 0) is 4.79 Å². The lowest BCUT2D eigenvalue weighted by molar-refractivity contribution is -0.116. The highest BCUT2D eigenvalue weighted by Crippen LogP contribution is 2.20. The summed E-state index contributed by atoms with van der Waals surface area (Å²) >= 11 is 5.73. The first-order valence-corrected chi connectivity index (χ1v) is 6.34. The minimum absolute atomic E-state index is 0.0160. The van der Waals surface area contributed by atoms with Crippen LogP contribution in [0.1, 0.15) is 30.6 Å². The molecule has 3 N–H and O–H groups in total. The molecule has 0 spiro atoms. The first-order chi connectivity index (χ1) is 8.90. The number of benzene rings is 1. The van der Waals surface area contributed by atoms with Crippen molar-refractivity contribution in [2.75, 3.05) is 11.9 Å². The van der Waals surface area contributed by atoms with Crippen LogP contribution in [0.3, 0.4) is 0 Å². The Balaban J connectivity index is 2.66. The molecule has 1 rings (SSSR count). The summed E-state index contributed by atoms with van der Waals surface area (Å²) in [4.78, 5) is 22.7. The van der Waals surface area contributed by atoms with E-state index in [1.54, 1.807) is 0 Å². The summed E-state index contributed by atoms with van der Waals surface area (Å²) in [6.45, 7) is 4.51. The Bertz CT molecular complexity index is 475. The number of carbonyl (C=O) groups is 2. The van der Waals surface area contributed by atoms with E-state index in [9.17, 15) is 9.59 Å². The lowest BCUT2D eigenvalue weighted by Crippen LogP contribution is -2.27. The van der Waals surface area contributed by atoms with Crippen molar-refractivity contribution in [3.05, 3.63) is 28.8 Å². The average molecular weight is 285 g/mol. The second kappa shape index (κ2) is 7.11. The van der Waals surface area contributed by atoms with Crippen LogP contribution >= 0.6 is 11.6 Å². The van der Waals surface area contributed by atoms with E-state index in [1.807, 2.05) is 13.8 Å². The number of carboxylic acids is 1. The predicted octanol–water partition coefficient (Wildman–Crippen LogP) is 2.36. The smallest absolute Gasteiger partial charge is 0.337 e. The predicted molar refractivity (Wildman–Crippen MR) is 74.8 cm³/mol. The quantitative estimate of drug-likeness (QED) is 0.749. The summed E-state index contributed by atoms with van der Waals surface area (Å²) in [7, 11) is 0. The van der Waals surface area contributed by atoms with E-state index in [0.29, 0.717) is 17.6 Å². The van der Waals surface area contributed by atoms with Crippen LogP contribution in [0.4, 0.5) is 5.69 Å². The first kappa shape index (κ1) is 15.5. The van der Waals surface area contributed by atoms with Gasteiger partial charge in [-0.15, -0.1) is 0 Å². The van der Waals surface area contributed by atoms with E-state index < -0.39 is 5.97 Å². The summed E-state index contributed by atoms with van der Waals surface area (Å²) in [5.41, 5.74) is 0.240. The van der Waals surface area contributed by atoms with E-state index in [1.165, 1.54) is 18.2 Å². The van der Waals surface area contributed by atoms with Gasteiger partial charge in [-0.2, -0.15) is 0 Å². The number of hydrogen-bond donors (Lipinski definition) is 3. The van der Waals surface area contributed by atoms with Gasteiger partial charge in [0.25, 0.3) is 0 Å². The first-order valence-electron chi connectivity index (χ1n) is 5.96. The van der Waals surface area contributed by atoms with Crippen LogP contribution in [0.5, 0.6) is 0 Å². The zero-order valence-electron chi connectivity index (χ0n) is 10.9. The molecule has 0 saturated heterocycles. The molecule has 0 fully saturated rings. The van der Waals surface area contributed by atoms with Gasteiger partial charge in [0.05, 0.1) is 11.3 Å². The molecular formula is C13H17ClN2O3. The van der Waals surface area contributed by atoms with Gasteiger partial charge in [0.2, 0.25) is 5.91 Å². The molecule has 0 aliphatic rings. The fraction of sp³-hybridized carbons (Fsp3) is 0.385. The van der Waals surface area contributed by atoms with E-state index in [-0.39, 0.29) is 23.6 Å². The van der Waals surface area contributed by atoms with Crippen LogP contribution in [0.25, 0.3) is 0 Å². The van der Waals surface area contributed by atoms with Gasteiger partial charge in [0.1, 0.15) is 0 Å². The lowest BCUT2D eigenvalue weighted by atomic mass is 10.1. The molecule has 0 atom stereocenters. The maximum Gasteiger partial charge on any atom is 0.337 e. The Morgan fingerprint density at radius 2 is 2.05 bits per heavy atom. The maximum atomic E-state index is 11.7. The third-order valence-corrected chi connectivity index (χ3v) is 2.63. The van der Waals surface area contributed by atoms with Crippen LogP contribution in [0, 0.1) is 0 Å². The Labute approximate surface area is 117 Å². The monoisotopic (exact) mass is 284 g/mol. The zero-order chi connectivity index (χ0) is 14.4. The fourth-order valence-corrected chi connectivity index (χ4v) is 1.66. The molecule has 0 unspecified atom stereocenters. The highest BCUT2D eigenvalue weighted by Gasteiger charge is 2.13. The molecule has 0 bridgehead atoms. The molecule has 0 aliphatic carbocycles. The van der Waals surface area contributed by atoms with Gasteiger partial charge in [-0.1, -0.05) is 25.4 Å². The number of amides is 1. The summed E-state index contributed by atoms with van der Waals surface area (Å²) in [5.74, 6) is -1.36. The molecule has 0 aliphatic heterocycles. The van der Waals surface area contributed by atoms with Crippen molar-refractivity contribution in [2.24, 2.45) is 0 Å². The molecule has 0 radical (unpaired) electrons. The molecule has 0 aromatic heterocycles. The third-order valence-electron chi connectivity index (χ3n) is 2.39. The number of nitrogens with one attached hydrogen (secondary N) is 2. The summed E-state index contributed by atoms with van der Waals surface area (Å²) in [6.07, 6.45) is 0.278. The van der Waals surface area contributed by atoms with Crippen LogP contribution in [0.15, 0.2) is 18.2 Å². The number of hydrogen-bond acceptors (Lipinski definition) is 3. The van der Waals surface area contributed by atoms with E-state index in [2.05, 4.69) is 10.6 Å². The van der Waals surface area contributed by atoms with Crippen LogP contribution < -0.4 is 10.6 Å². The second-order valence-corrected chi connectivity index (χ2v) is 4.84. The van der Waals surface area contributed by atoms with Crippen LogP contribution in [-0.4, -0.2) is 29.6 Å². The number of carboxylic acid groups (broad SMARTS) is 1. The number of halogens is 1. The highest BCUT2D eigenvalue weighted by atomic mass is 35.5. The van der Waals surface area contributed by atoms with E-state index in [0.717, 1.165) is 0 Å². The lowest BCUT2D eigenvalue weighted by Gasteiger charge is -2.10. The maximum absolute atomic E-state index is 11.7. The van der Waals surface area contributed by atoms with Crippen molar-refractivity contribution in [3.63, 3.8) is 0 Å². The summed E-state index contributed by atoms with van der Waals surface area (Å²) < 4.78 is 0. The van der Waals surface area contributed by atoms with E-state index >= 15 is 0 Å². The number of anilines is 1. The fourth-order valence-electron chi connectivity index (χ4n) is 1.49. The molecule has 0 saturated carbocycles. The van der Waals surface area contributed by atoms with E-state index in [4.69, 9.17) is 16.7 Å². The van der Waals surface area contributed by atoms with Crippen molar-refractivity contribution < 1.29 is 14.7 Å². The SMILES string of the molecule is CC(C)NCCC(=O)Nc1ccc(Cl)cc1C(=O)O. The van der Waals surface area contributed by atoms with Crippen molar-refractivity contribution in [1.29, 1.82) is 0 Å². The normalized spacial score (nSPS) is 10.5. The Morgan fingerprint density at radius 1 is 1.37 bits per heavy atom.